The van der Waals surface area contributed by atoms with Gasteiger partial charge < -0.3 is 29.4 Å². The van der Waals surface area contributed by atoms with Crippen LogP contribution in [-0.4, -0.2) is 81.6 Å². The molecule has 280 valence electrons. The van der Waals surface area contributed by atoms with Gasteiger partial charge in [0.2, 0.25) is 12.3 Å². The van der Waals surface area contributed by atoms with E-state index in [-0.39, 0.29) is 23.3 Å². The number of carbonyl (C=O) groups excluding carboxylic acids is 3. The van der Waals surface area contributed by atoms with Crippen molar-refractivity contribution in [2.45, 2.75) is 109 Å². The Morgan fingerprint density at radius 1 is 1.16 bits per heavy atom. The van der Waals surface area contributed by atoms with Crippen molar-refractivity contribution >= 4 is 41.1 Å². The summed E-state index contributed by atoms with van der Waals surface area (Å²) in [6, 6.07) is 7.10. The second-order valence-electron chi connectivity index (χ2n) is 12.5. The van der Waals surface area contributed by atoms with Gasteiger partial charge in [-0.3, -0.25) is 23.9 Å². The topological polar surface area (TPSA) is 148 Å². The first-order valence-electron chi connectivity index (χ1n) is 18.1. The van der Waals surface area contributed by atoms with E-state index in [2.05, 4.69) is 26.7 Å². The van der Waals surface area contributed by atoms with Crippen molar-refractivity contribution in [2.24, 2.45) is 7.05 Å². The van der Waals surface area contributed by atoms with Gasteiger partial charge in [0.15, 0.2) is 5.43 Å². The van der Waals surface area contributed by atoms with Crippen molar-refractivity contribution < 1.29 is 23.9 Å². The maximum absolute atomic E-state index is 12.5. The van der Waals surface area contributed by atoms with Crippen molar-refractivity contribution in [3.63, 3.8) is 0 Å². The van der Waals surface area contributed by atoms with E-state index in [1.54, 1.807) is 41.9 Å². The van der Waals surface area contributed by atoms with Crippen molar-refractivity contribution in [2.75, 3.05) is 20.3 Å². The lowest BCUT2D eigenvalue weighted by molar-refractivity contribution is -0.147. The number of H-pyrrole nitrogens is 1. The quantitative estimate of drug-likeness (QED) is 0.0815. The second kappa shape index (κ2) is 21.3. The molecule has 51 heavy (non-hydrogen) atoms. The number of aromatic amines is 1. The number of benzene rings is 1. The number of likely N-dealkylation sites (tertiary alicyclic amines) is 1. The fourth-order valence-corrected chi connectivity index (χ4v) is 6.15. The number of aromatic nitrogens is 3. The number of rotatable bonds is 14. The number of nitrogens with zero attached hydrogens (tertiary/aromatic N) is 3. The summed E-state index contributed by atoms with van der Waals surface area (Å²) in [6.07, 6.45) is 13.1. The standard InChI is InChI=1S/C17H28N2O3.C15H15N3O2.C4H7NOS.C2H6/c1-3-4-5-6-12-22-13(2)17(21)19-11-7-8-15(19)16(20)18-14-9-10-14;1-9-14(20-3)5-4-10-13(19)8-11(17-15(9)10)12-6-7-16-18(12)2;6-3-5-7-4-1-2-4;1-2/h3,13-15H,1,4-12H2,2H3,(H,18,20);4-8H,1-3H3,(H,17,19);3-4H,1-2H2,(H,5,6);1-2H3/t13-,15?;;;/m1.../s1. The summed E-state index contributed by atoms with van der Waals surface area (Å²) in [6.45, 7) is 12.6. The van der Waals surface area contributed by atoms with Gasteiger partial charge in [-0.2, -0.15) is 5.10 Å². The van der Waals surface area contributed by atoms with E-state index in [1.807, 2.05) is 46.0 Å². The molecule has 3 N–H and O–H groups in total. The van der Waals surface area contributed by atoms with E-state index in [0.29, 0.717) is 24.6 Å². The highest BCUT2D eigenvalue weighted by Gasteiger charge is 2.38. The van der Waals surface area contributed by atoms with Gasteiger partial charge in [0, 0.05) is 54.7 Å². The molecule has 1 unspecified atom stereocenters. The molecule has 2 aromatic heterocycles. The van der Waals surface area contributed by atoms with Crippen LogP contribution in [0.4, 0.5) is 0 Å². The Kier molecular flexibility index (Phi) is 17.3. The molecule has 1 saturated heterocycles. The van der Waals surface area contributed by atoms with E-state index >= 15 is 0 Å². The third-order valence-corrected chi connectivity index (χ3v) is 9.66. The number of amides is 3. The fourth-order valence-electron chi connectivity index (χ4n) is 5.53. The Morgan fingerprint density at radius 3 is 2.51 bits per heavy atom. The van der Waals surface area contributed by atoms with Gasteiger partial charge in [0.05, 0.1) is 24.0 Å². The highest BCUT2D eigenvalue weighted by atomic mass is 32.2. The summed E-state index contributed by atoms with van der Waals surface area (Å²) in [4.78, 5) is 51.6. The molecule has 3 fully saturated rings. The molecule has 2 atom stereocenters. The number of hydrogen-bond donors (Lipinski definition) is 3. The number of nitrogens with one attached hydrogen (secondary N) is 3. The van der Waals surface area contributed by atoms with Crippen LogP contribution < -0.4 is 20.2 Å². The normalized spacial score (nSPS) is 16.7. The molecule has 6 rings (SSSR count). The molecular formula is C38H56N6O6S. The molecule has 3 amide bonds. The first kappa shape index (κ1) is 41.3. The molecule has 3 heterocycles. The highest BCUT2D eigenvalue weighted by Crippen LogP contribution is 2.31. The van der Waals surface area contributed by atoms with Crippen LogP contribution in [-0.2, 0) is 26.2 Å². The third kappa shape index (κ3) is 12.6. The van der Waals surface area contributed by atoms with Crippen molar-refractivity contribution in [1.29, 1.82) is 0 Å². The number of allylic oxidation sites excluding steroid dienone is 1. The number of methoxy groups -OCH3 is 1. The summed E-state index contributed by atoms with van der Waals surface area (Å²) in [5, 5.41) is 8.52. The summed E-state index contributed by atoms with van der Waals surface area (Å²) < 4.78 is 15.2. The maximum Gasteiger partial charge on any atom is 0.252 e. The van der Waals surface area contributed by atoms with E-state index in [0.717, 1.165) is 84.8 Å². The number of carbonyl (C=O) groups is 3. The van der Waals surface area contributed by atoms with Gasteiger partial charge in [-0.1, -0.05) is 19.9 Å². The van der Waals surface area contributed by atoms with Crippen LogP contribution >= 0.6 is 11.9 Å². The molecule has 0 bridgehead atoms. The molecule has 2 aliphatic carbocycles. The number of fused-ring (bicyclic) bond motifs is 1. The fraction of sp³-hybridized carbons (Fsp3) is 0.553. The van der Waals surface area contributed by atoms with Crippen LogP contribution in [0.1, 0.15) is 84.1 Å². The average molecular weight is 725 g/mol. The SMILES string of the molecule is C=CCCCCO[C@H](C)C(=O)N1CCCC1C(=O)NC1CC1.CC.COc1ccc2c(=O)cc(-c3ccnn3C)[nH]c2c1C.O=CNSC1CC1. The van der Waals surface area contributed by atoms with E-state index in [9.17, 15) is 19.2 Å². The minimum Gasteiger partial charge on any atom is -0.496 e. The van der Waals surface area contributed by atoms with E-state index < -0.39 is 6.10 Å². The molecule has 3 aliphatic rings. The Labute approximate surface area is 306 Å². The smallest absolute Gasteiger partial charge is 0.252 e. The highest BCUT2D eigenvalue weighted by molar-refractivity contribution is 7.98. The summed E-state index contributed by atoms with van der Waals surface area (Å²) in [5.41, 5.74) is 3.32. The van der Waals surface area contributed by atoms with E-state index in [4.69, 9.17) is 9.47 Å². The lowest BCUT2D eigenvalue weighted by Gasteiger charge is -2.26. The van der Waals surface area contributed by atoms with Crippen LogP contribution in [0.2, 0.25) is 0 Å². The Bertz CT molecular complexity index is 1630. The van der Waals surface area contributed by atoms with Crippen molar-refractivity contribution in [3.8, 4) is 17.1 Å². The zero-order valence-electron chi connectivity index (χ0n) is 31.0. The van der Waals surface area contributed by atoms with E-state index in [1.165, 1.54) is 24.8 Å². The molecular weight excluding hydrogens is 669 g/mol. The summed E-state index contributed by atoms with van der Waals surface area (Å²) >= 11 is 1.52. The molecule has 1 aliphatic heterocycles. The van der Waals surface area contributed by atoms with Crippen LogP contribution in [0.5, 0.6) is 5.75 Å². The number of unbranched alkanes of at least 4 members (excludes halogenated alkanes) is 2. The number of aryl methyl sites for hydroxylation is 2. The summed E-state index contributed by atoms with van der Waals surface area (Å²) in [5.74, 6) is 0.707. The largest absolute Gasteiger partial charge is 0.496 e. The van der Waals surface area contributed by atoms with Crippen LogP contribution in [0.3, 0.4) is 0 Å². The minimum atomic E-state index is -0.474. The molecule has 2 saturated carbocycles. The Morgan fingerprint density at radius 2 is 1.90 bits per heavy atom. The van der Waals surface area contributed by atoms with Gasteiger partial charge in [0.25, 0.3) is 5.91 Å². The number of hydrogen-bond acceptors (Lipinski definition) is 8. The zero-order chi connectivity index (χ0) is 37.3. The lowest BCUT2D eigenvalue weighted by atomic mass is 10.1. The second-order valence-corrected chi connectivity index (χ2v) is 13.7. The molecule has 13 heteroatoms. The first-order chi connectivity index (χ1) is 24.7. The predicted octanol–water partition coefficient (Wildman–Crippen LogP) is 5.83. The predicted molar refractivity (Wildman–Crippen MR) is 205 cm³/mol. The number of pyridine rings is 1. The van der Waals surface area contributed by atoms with Gasteiger partial charge in [-0.15, -0.1) is 6.58 Å². The Hall–Kier alpha value is -4.10. The van der Waals surface area contributed by atoms with Crippen molar-refractivity contribution in [1.82, 2.24) is 29.7 Å². The molecule has 1 aromatic carbocycles. The zero-order valence-corrected chi connectivity index (χ0v) is 31.9. The van der Waals surface area contributed by atoms with Gasteiger partial charge in [-0.05, 0) is 102 Å². The third-order valence-electron chi connectivity index (χ3n) is 8.62. The van der Waals surface area contributed by atoms with Crippen LogP contribution in [0.15, 0.2) is 47.9 Å². The Balaban J connectivity index is 0.000000223. The lowest BCUT2D eigenvalue weighted by Crippen LogP contribution is -2.49. The van der Waals surface area contributed by atoms with Gasteiger partial charge in [0.1, 0.15) is 17.9 Å². The maximum atomic E-state index is 12.5. The van der Waals surface area contributed by atoms with Gasteiger partial charge >= 0.3 is 0 Å². The van der Waals surface area contributed by atoms with Crippen LogP contribution in [0.25, 0.3) is 22.3 Å². The van der Waals surface area contributed by atoms with Gasteiger partial charge in [-0.25, -0.2) is 0 Å². The molecule has 3 aromatic rings. The monoisotopic (exact) mass is 724 g/mol. The summed E-state index contributed by atoms with van der Waals surface area (Å²) in [7, 11) is 3.47. The number of ether oxygens (including phenoxy) is 2. The molecule has 0 radical (unpaired) electrons. The first-order valence-corrected chi connectivity index (χ1v) is 18.9. The average Bonchev–Trinajstić information content (AvgIpc) is 4.05. The van der Waals surface area contributed by atoms with Crippen LogP contribution in [0, 0.1) is 6.92 Å². The molecule has 0 spiro atoms. The van der Waals surface area contributed by atoms with Crippen molar-refractivity contribution in [3.05, 3.63) is 58.9 Å². The molecule has 12 nitrogen and oxygen atoms in total. The minimum absolute atomic E-state index is 0.00605.